The Labute approximate surface area is 119 Å². The maximum Gasteiger partial charge on any atom is 0.225 e. The van der Waals surface area contributed by atoms with Gasteiger partial charge in [-0.15, -0.1) is 0 Å². The fraction of sp³-hybridized carbons (Fsp3) is 0.714. The Morgan fingerprint density at radius 2 is 1.75 bits per heavy atom. The third-order valence-corrected chi connectivity index (χ3v) is 4.16. The summed E-state index contributed by atoms with van der Waals surface area (Å²) in [4.78, 5) is 13.6. The summed E-state index contributed by atoms with van der Waals surface area (Å²) in [5, 5.41) is 0. The number of rotatable bonds is 3. The van der Waals surface area contributed by atoms with Crippen molar-refractivity contribution >= 4 is 5.95 Å². The smallest absolute Gasteiger partial charge is 0.225 e. The summed E-state index contributed by atoms with van der Waals surface area (Å²) in [7, 11) is 1.63. The highest BCUT2D eigenvalue weighted by Crippen LogP contribution is 2.21. The third-order valence-electron chi connectivity index (χ3n) is 4.16. The predicted octanol–water partition coefficient (Wildman–Crippen LogP) is 0.786. The standard InChI is InChI=1S/C14H22N4O2/c1-19-13-10-15-14(16-11-13)18-4-2-12(3-5-18)17-6-8-20-9-7-17/h10-12H,2-9H2,1H3. The Morgan fingerprint density at radius 1 is 1.10 bits per heavy atom. The topological polar surface area (TPSA) is 50.7 Å². The minimum Gasteiger partial charge on any atom is -0.494 e. The van der Waals surface area contributed by atoms with Crippen LogP contribution in [0.4, 0.5) is 5.95 Å². The van der Waals surface area contributed by atoms with Crippen molar-refractivity contribution in [1.82, 2.24) is 14.9 Å². The van der Waals surface area contributed by atoms with E-state index in [9.17, 15) is 0 Å². The predicted molar refractivity (Wildman–Crippen MR) is 76.2 cm³/mol. The van der Waals surface area contributed by atoms with Gasteiger partial charge in [-0.25, -0.2) is 9.97 Å². The Morgan fingerprint density at radius 3 is 2.35 bits per heavy atom. The Bertz CT molecular complexity index is 412. The molecule has 6 nitrogen and oxygen atoms in total. The lowest BCUT2D eigenvalue weighted by Crippen LogP contribution is -2.49. The molecule has 20 heavy (non-hydrogen) atoms. The molecular weight excluding hydrogens is 256 g/mol. The number of morpholine rings is 1. The number of hydrogen-bond acceptors (Lipinski definition) is 6. The molecule has 0 aliphatic carbocycles. The van der Waals surface area contributed by atoms with Gasteiger partial charge in [-0.05, 0) is 12.8 Å². The SMILES string of the molecule is COc1cnc(N2CCC(N3CCOCC3)CC2)nc1. The number of ether oxygens (including phenoxy) is 2. The second-order valence-corrected chi connectivity index (χ2v) is 5.29. The Hall–Kier alpha value is -1.40. The summed E-state index contributed by atoms with van der Waals surface area (Å²) in [5.41, 5.74) is 0. The lowest BCUT2D eigenvalue weighted by Gasteiger charge is -2.40. The zero-order valence-corrected chi connectivity index (χ0v) is 12.0. The molecule has 3 heterocycles. The van der Waals surface area contributed by atoms with E-state index in [1.807, 2.05) is 0 Å². The van der Waals surface area contributed by atoms with E-state index in [1.165, 1.54) is 12.8 Å². The van der Waals surface area contributed by atoms with Gasteiger partial charge in [0, 0.05) is 32.2 Å². The molecule has 0 atom stereocenters. The molecule has 0 N–H and O–H groups in total. The van der Waals surface area contributed by atoms with Gasteiger partial charge < -0.3 is 14.4 Å². The van der Waals surface area contributed by atoms with Gasteiger partial charge in [0.15, 0.2) is 5.75 Å². The van der Waals surface area contributed by atoms with Crippen LogP contribution >= 0.6 is 0 Å². The van der Waals surface area contributed by atoms with Crippen molar-refractivity contribution in [2.45, 2.75) is 18.9 Å². The van der Waals surface area contributed by atoms with Crippen LogP contribution in [0.5, 0.6) is 5.75 Å². The molecule has 1 aromatic rings. The van der Waals surface area contributed by atoms with E-state index in [1.54, 1.807) is 19.5 Å². The zero-order chi connectivity index (χ0) is 13.8. The van der Waals surface area contributed by atoms with Gasteiger partial charge in [0.1, 0.15) is 0 Å². The molecule has 2 aliphatic rings. The van der Waals surface area contributed by atoms with Gasteiger partial charge in [-0.3, -0.25) is 4.90 Å². The molecule has 0 spiro atoms. The average Bonchev–Trinajstić information content (AvgIpc) is 2.56. The summed E-state index contributed by atoms with van der Waals surface area (Å²) in [6.07, 6.45) is 5.82. The average molecular weight is 278 g/mol. The quantitative estimate of drug-likeness (QED) is 0.814. The van der Waals surface area contributed by atoms with Crippen molar-refractivity contribution in [3.8, 4) is 5.75 Å². The van der Waals surface area contributed by atoms with E-state index in [0.29, 0.717) is 11.8 Å². The fourth-order valence-electron chi connectivity index (χ4n) is 2.95. The molecule has 2 aliphatic heterocycles. The van der Waals surface area contributed by atoms with Gasteiger partial charge in [0.2, 0.25) is 5.95 Å². The van der Waals surface area contributed by atoms with Crippen LogP contribution < -0.4 is 9.64 Å². The van der Waals surface area contributed by atoms with Gasteiger partial charge >= 0.3 is 0 Å². The van der Waals surface area contributed by atoms with Crippen LogP contribution in [0.3, 0.4) is 0 Å². The van der Waals surface area contributed by atoms with Crippen LogP contribution in [0.1, 0.15) is 12.8 Å². The molecule has 0 unspecified atom stereocenters. The maximum atomic E-state index is 5.42. The van der Waals surface area contributed by atoms with Crippen LogP contribution in [0.25, 0.3) is 0 Å². The minimum absolute atomic E-state index is 0.688. The lowest BCUT2D eigenvalue weighted by molar-refractivity contribution is 0.0114. The van der Waals surface area contributed by atoms with E-state index in [4.69, 9.17) is 9.47 Å². The molecule has 2 fully saturated rings. The van der Waals surface area contributed by atoms with Gasteiger partial charge in [0.05, 0.1) is 32.7 Å². The van der Waals surface area contributed by atoms with Crippen molar-refractivity contribution < 1.29 is 9.47 Å². The van der Waals surface area contributed by atoms with E-state index < -0.39 is 0 Å². The molecule has 110 valence electrons. The minimum atomic E-state index is 0.688. The van der Waals surface area contributed by atoms with Gasteiger partial charge in [0.25, 0.3) is 0 Å². The van der Waals surface area contributed by atoms with E-state index >= 15 is 0 Å². The summed E-state index contributed by atoms with van der Waals surface area (Å²) >= 11 is 0. The molecule has 1 aromatic heterocycles. The first-order valence-corrected chi connectivity index (χ1v) is 7.29. The van der Waals surface area contributed by atoms with Crippen molar-refractivity contribution in [1.29, 1.82) is 0 Å². The second-order valence-electron chi connectivity index (χ2n) is 5.29. The van der Waals surface area contributed by atoms with Crippen molar-refractivity contribution in [3.05, 3.63) is 12.4 Å². The molecule has 0 aromatic carbocycles. The number of hydrogen-bond donors (Lipinski definition) is 0. The highest BCUT2D eigenvalue weighted by atomic mass is 16.5. The maximum absolute atomic E-state index is 5.42. The number of anilines is 1. The first-order valence-electron chi connectivity index (χ1n) is 7.29. The summed E-state index contributed by atoms with van der Waals surface area (Å²) in [6.45, 7) is 5.94. The van der Waals surface area contributed by atoms with Crippen LogP contribution in [-0.4, -0.2) is 67.4 Å². The van der Waals surface area contributed by atoms with E-state index in [0.717, 1.165) is 45.3 Å². The summed E-state index contributed by atoms with van der Waals surface area (Å²) < 4.78 is 10.5. The molecule has 0 bridgehead atoms. The van der Waals surface area contributed by atoms with Crippen LogP contribution in [-0.2, 0) is 4.74 Å². The Balaban J connectivity index is 1.54. The first kappa shape index (κ1) is 13.6. The van der Waals surface area contributed by atoms with Crippen molar-refractivity contribution in [3.63, 3.8) is 0 Å². The zero-order valence-electron chi connectivity index (χ0n) is 12.0. The number of nitrogens with zero attached hydrogens (tertiary/aromatic N) is 4. The molecule has 2 saturated heterocycles. The summed E-state index contributed by atoms with van der Waals surface area (Å²) in [5.74, 6) is 1.52. The molecular formula is C14H22N4O2. The largest absolute Gasteiger partial charge is 0.494 e. The van der Waals surface area contributed by atoms with Crippen molar-refractivity contribution in [2.24, 2.45) is 0 Å². The fourth-order valence-corrected chi connectivity index (χ4v) is 2.95. The molecule has 6 heteroatoms. The number of piperidine rings is 1. The monoisotopic (exact) mass is 278 g/mol. The molecule has 0 amide bonds. The lowest BCUT2D eigenvalue weighted by atomic mass is 10.0. The third kappa shape index (κ3) is 3.02. The van der Waals surface area contributed by atoms with Gasteiger partial charge in [-0.1, -0.05) is 0 Å². The number of methoxy groups -OCH3 is 1. The van der Waals surface area contributed by atoms with E-state index in [-0.39, 0.29) is 0 Å². The van der Waals surface area contributed by atoms with Gasteiger partial charge in [-0.2, -0.15) is 0 Å². The highest BCUT2D eigenvalue weighted by Gasteiger charge is 2.26. The second kappa shape index (κ2) is 6.37. The van der Waals surface area contributed by atoms with Crippen LogP contribution in [0, 0.1) is 0 Å². The van der Waals surface area contributed by atoms with Crippen LogP contribution in [0.15, 0.2) is 12.4 Å². The van der Waals surface area contributed by atoms with E-state index in [2.05, 4.69) is 19.8 Å². The highest BCUT2D eigenvalue weighted by molar-refractivity contribution is 5.32. The van der Waals surface area contributed by atoms with Crippen molar-refractivity contribution in [2.75, 3.05) is 51.4 Å². The molecule has 3 rings (SSSR count). The number of aromatic nitrogens is 2. The molecule has 0 saturated carbocycles. The normalized spacial score (nSPS) is 21.9. The summed E-state index contributed by atoms with van der Waals surface area (Å²) in [6, 6.07) is 0.688. The first-order chi connectivity index (χ1) is 9.86. The Kier molecular flexibility index (Phi) is 4.32. The molecule has 0 radical (unpaired) electrons. The van der Waals surface area contributed by atoms with Crippen LogP contribution in [0.2, 0.25) is 0 Å².